The molecule has 1 aromatic heterocycles. The lowest BCUT2D eigenvalue weighted by molar-refractivity contribution is -0.135. The van der Waals surface area contributed by atoms with Crippen molar-refractivity contribution in [2.75, 3.05) is 32.7 Å². The van der Waals surface area contributed by atoms with Crippen LogP contribution < -0.4 is 0 Å². The van der Waals surface area contributed by atoms with Crippen LogP contribution in [-0.2, 0) is 22.7 Å². The van der Waals surface area contributed by atoms with Gasteiger partial charge >= 0.3 is 0 Å². The van der Waals surface area contributed by atoms with Crippen LogP contribution in [-0.4, -0.2) is 64.2 Å². The van der Waals surface area contributed by atoms with Crippen LogP contribution in [0.1, 0.15) is 29.8 Å². The first-order valence-electron chi connectivity index (χ1n) is 10.9. The third kappa shape index (κ3) is 5.63. The summed E-state index contributed by atoms with van der Waals surface area (Å²) in [6, 6.07) is 13.6. The zero-order valence-electron chi connectivity index (χ0n) is 18.0. The highest BCUT2D eigenvalue weighted by molar-refractivity contribution is 6.30. The first kappa shape index (κ1) is 21.8. The Balaban J connectivity index is 1.31. The summed E-state index contributed by atoms with van der Waals surface area (Å²) in [4.78, 5) is 36.4. The van der Waals surface area contributed by atoms with E-state index in [9.17, 15) is 9.59 Å². The van der Waals surface area contributed by atoms with Crippen molar-refractivity contribution in [3.05, 3.63) is 64.4 Å². The minimum atomic E-state index is -0.246. The largest absolute Gasteiger partial charge is 0.341 e. The van der Waals surface area contributed by atoms with E-state index in [1.54, 1.807) is 4.90 Å². The Labute approximate surface area is 188 Å². The fourth-order valence-electron chi connectivity index (χ4n) is 4.42. The molecule has 2 aromatic rings. The van der Waals surface area contributed by atoms with Crippen LogP contribution >= 0.6 is 11.6 Å². The predicted molar refractivity (Wildman–Crippen MR) is 120 cm³/mol. The van der Waals surface area contributed by atoms with Crippen LogP contribution in [0.5, 0.6) is 0 Å². The van der Waals surface area contributed by atoms with Crippen LogP contribution in [0.25, 0.3) is 0 Å². The van der Waals surface area contributed by atoms with Crippen molar-refractivity contribution in [2.24, 2.45) is 5.92 Å². The molecule has 0 N–H and O–H groups in total. The number of hydrogen-bond donors (Lipinski definition) is 0. The van der Waals surface area contributed by atoms with E-state index in [0.717, 1.165) is 49.6 Å². The van der Waals surface area contributed by atoms with Crippen molar-refractivity contribution < 1.29 is 9.59 Å². The molecular formula is C24H29ClN4O2. The topological polar surface area (TPSA) is 56.8 Å². The molecule has 2 saturated heterocycles. The normalized spacial score (nSPS) is 20.2. The molecule has 0 aliphatic carbocycles. The predicted octanol–water partition coefficient (Wildman–Crippen LogP) is 3.13. The van der Waals surface area contributed by atoms with Crippen molar-refractivity contribution in [1.29, 1.82) is 0 Å². The summed E-state index contributed by atoms with van der Waals surface area (Å²) in [6.45, 7) is 7.06. The molecule has 3 heterocycles. The van der Waals surface area contributed by atoms with Gasteiger partial charge in [-0.1, -0.05) is 29.8 Å². The average Bonchev–Trinajstić information content (AvgIpc) is 2.95. The van der Waals surface area contributed by atoms with Gasteiger partial charge < -0.3 is 9.80 Å². The summed E-state index contributed by atoms with van der Waals surface area (Å²) in [5.41, 5.74) is 3.12. The van der Waals surface area contributed by atoms with E-state index in [-0.39, 0.29) is 17.7 Å². The zero-order chi connectivity index (χ0) is 21.8. The molecule has 164 valence electrons. The Hall–Kier alpha value is -2.44. The summed E-state index contributed by atoms with van der Waals surface area (Å²) >= 11 is 5.95. The van der Waals surface area contributed by atoms with E-state index in [4.69, 9.17) is 11.6 Å². The molecule has 0 bridgehead atoms. The van der Waals surface area contributed by atoms with Gasteiger partial charge in [-0.3, -0.25) is 19.5 Å². The number of carbonyl (C=O) groups is 2. The second kappa shape index (κ2) is 9.79. The van der Waals surface area contributed by atoms with Gasteiger partial charge in [0, 0.05) is 63.0 Å². The molecule has 1 atom stereocenters. The second-order valence-electron chi connectivity index (χ2n) is 8.53. The molecule has 1 unspecified atom stereocenters. The lowest BCUT2D eigenvalue weighted by atomic mass is 10.1. The summed E-state index contributed by atoms with van der Waals surface area (Å²) in [5.74, 6) is -0.0810. The first-order chi connectivity index (χ1) is 15.0. The van der Waals surface area contributed by atoms with Gasteiger partial charge in [0.05, 0.1) is 11.6 Å². The van der Waals surface area contributed by atoms with Crippen molar-refractivity contribution in [2.45, 2.75) is 32.9 Å². The van der Waals surface area contributed by atoms with Crippen molar-refractivity contribution in [3.8, 4) is 0 Å². The Morgan fingerprint density at radius 2 is 1.87 bits per heavy atom. The van der Waals surface area contributed by atoms with E-state index in [1.165, 1.54) is 0 Å². The average molecular weight is 441 g/mol. The van der Waals surface area contributed by atoms with Crippen LogP contribution in [0.3, 0.4) is 0 Å². The zero-order valence-corrected chi connectivity index (χ0v) is 18.7. The Bertz CT molecular complexity index is 933. The quantitative estimate of drug-likeness (QED) is 0.716. The summed E-state index contributed by atoms with van der Waals surface area (Å²) < 4.78 is 0. The summed E-state index contributed by atoms with van der Waals surface area (Å²) in [7, 11) is 0. The number of rotatable bonds is 5. The highest BCUT2D eigenvalue weighted by Gasteiger charge is 2.36. The van der Waals surface area contributed by atoms with Crippen molar-refractivity contribution in [3.63, 3.8) is 0 Å². The van der Waals surface area contributed by atoms with E-state index < -0.39 is 0 Å². The van der Waals surface area contributed by atoms with Crippen LogP contribution in [0, 0.1) is 12.8 Å². The number of benzene rings is 1. The number of aryl methyl sites for hydroxylation is 1. The second-order valence-corrected chi connectivity index (χ2v) is 8.96. The molecule has 2 aliphatic rings. The van der Waals surface area contributed by atoms with Gasteiger partial charge in [0.2, 0.25) is 11.8 Å². The number of pyridine rings is 1. The lowest BCUT2D eigenvalue weighted by Crippen LogP contribution is -2.39. The first-order valence-corrected chi connectivity index (χ1v) is 11.3. The third-order valence-corrected chi connectivity index (χ3v) is 6.33. The molecule has 2 aliphatic heterocycles. The van der Waals surface area contributed by atoms with Gasteiger partial charge in [-0.25, -0.2) is 0 Å². The minimum Gasteiger partial charge on any atom is -0.341 e. The van der Waals surface area contributed by atoms with Crippen LogP contribution in [0.2, 0.25) is 5.02 Å². The van der Waals surface area contributed by atoms with E-state index in [1.807, 2.05) is 48.2 Å². The fraction of sp³-hybridized carbons (Fsp3) is 0.458. The highest BCUT2D eigenvalue weighted by Crippen LogP contribution is 2.23. The number of likely N-dealkylation sites (tertiary alicyclic amines) is 1. The van der Waals surface area contributed by atoms with Gasteiger partial charge in [0.1, 0.15) is 0 Å². The Morgan fingerprint density at radius 3 is 2.65 bits per heavy atom. The number of carbonyl (C=O) groups excluding carboxylic acids is 2. The maximum absolute atomic E-state index is 13.1. The highest BCUT2D eigenvalue weighted by atomic mass is 35.5. The monoisotopic (exact) mass is 440 g/mol. The molecule has 2 fully saturated rings. The third-order valence-electron chi connectivity index (χ3n) is 6.08. The molecule has 7 heteroatoms. The van der Waals surface area contributed by atoms with Crippen LogP contribution in [0.4, 0.5) is 0 Å². The fourth-order valence-corrected chi connectivity index (χ4v) is 4.55. The lowest BCUT2D eigenvalue weighted by Gasteiger charge is -2.24. The number of aromatic nitrogens is 1. The number of halogens is 1. The molecule has 0 spiro atoms. The molecule has 0 radical (unpaired) electrons. The maximum Gasteiger partial charge on any atom is 0.228 e. The minimum absolute atomic E-state index is 0.0512. The molecule has 4 rings (SSSR count). The van der Waals surface area contributed by atoms with Crippen LogP contribution in [0.15, 0.2) is 42.5 Å². The Morgan fingerprint density at radius 1 is 1.06 bits per heavy atom. The van der Waals surface area contributed by atoms with Gasteiger partial charge in [0.25, 0.3) is 0 Å². The standard InChI is InChI=1S/C24H29ClN4O2/c1-18-4-2-5-22(26-18)17-27-10-3-11-28(13-12-27)24(31)20-14-23(30)29(16-20)15-19-6-8-21(25)9-7-19/h2,4-9,20H,3,10-17H2,1H3. The molecular weight excluding hydrogens is 412 g/mol. The van der Waals surface area contributed by atoms with Gasteiger partial charge in [0.15, 0.2) is 0 Å². The van der Waals surface area contributed by atoms with Gasteiger partial charge in [-0.05, 0) is 43.2 Å². The van der Waals surface area contributed by atoms with Crippen molar-refractivity contribution in [1.82, 2.24) is 19.7 Å². The van der Waals surface area contributed by atoms with E-state index in [2.05, 4.69) is 16.0 Å². The molecule has 6 nitrogen and oxygen atoms in total. The summed E-state index contributed by atoms with van der Waals surface area (Å²) in [5, 5.41) is 0.679. The molecule has 2 amide bonds. The van der Waals surface area contributed by atoms with E-state index in [0.29, 0.717) is 31.1 Å². The summed E-state index contributed by atoms with van der Waals surface area (Å²) in [6.07, 6.45) is 1.24. The maximum atomic E-state index is 13.1. The number of hydrogen-bond acceptors (Lipinski definition) is 4. The van der Waals surface area contributed by atoms with Crippen molar-refractivity contribution >= 4 is 23.4 Å². The van der Waals surface area contributed by atoms with Gasteiger partial charge in [-0.15, -0.1) is 0 Å². The Kier molecular flexibility index (Phi) is 6.88. The molecule has 0 saturated carbocycles. The van der Waals surface area contributed by atoms with Gasteiger partial charge in [-0.2, -0.15) is 0 Å². The SMILES string of the molecule is Cc1cccc(CN2CCCN(C(=O)C3CC(=O)N(Cc4ccc(Cl)cc4)C3)CC2)n1. The smallest absolute Gasteiger partial charge is 0.228 e. The van der Waals surface area contributed by atoms with E-state index >= 15 is 0 Å². The number of nitrogens with zero attached hydrogens (tertiary/aromatic N) is 4. The molecule has 1 aromatic carbocycles. The number of amides is 2. The molecule has 31 heavy (non-hydrogen) atoms.